The molecule has 2 N–H and O–H groups in total. The third-order valence-corrected chi connectivity index (χ3v) is 6.18. The number of carboxylic acids is 1. The molecular weight excluding hydrogens is 430 g/mol. The fraction of sp³-hybridized carbons (Fsp3) is 0.292. The second kappa shape index (κ2) is 10.4. The molecule has 0 radical (unpaired) electrons. The molecule has 0 aliphatic rings. The number of carbonyl (C=O) groups is 2. The maximum absolute atomic E-state index is 12.6. The molecule has 3 rings (SSSR count). The Kier molecular flexibility index (Phi) is 7.58. The van der Waals surface area contributed by atoms with Gasteiger partial charge < -0.3 is 19.6 Å². The van der Waals surface area contributed by atoms with Crippen LogP contribution in [0.3, 0.4) is 0 Å². The molecule has 0 fully saturated rings. The van der Waals surface area contributed by atoms with Gasteiger partial charge in [0.15, 0.2) is 0 Å². The molecule has 1 unspecified atom stereocenters. The number of carboxylic acid groups (broad SMARTS) is 1. The first-order chi connectivity index (χ1) is 15.3. The SMILES string of the molecule is COc1cc(C)cc2oc(=O)c(CC(=O)NC(CSCc3ccccc3)C(=O)O)c(C)c12. The minimum Gasteiger partial charge on any atom is -0.496 e. The second-order valence-corrected chi connectivity index (χ2v) is 8.50. The average molecular weight is 456 g/mol. The van der Waals surface area contributed by atoms with E-state index in [0.717, 1.165) is 11.1 Å². The zero-order valence-electron chi connectivity index (χ0n) is 18.1. The Morgan fingerprint density at radius 3 is 2.56 bits per heavy atom. The number of carbonyl (C=O) groups excluding carboxylic acids is 1. The average Bonchev–Trinajstić information content (AvgIpc) is 2.75. The number of fused-ring (bicyclic) bond motifs is 1. The Balaban J connectivity index is 1.74. The summed E-state index contributed by atoms with van der Waals surface area (Å²) in [7, 11) is 1.52. The molecule has 8 heteroatoms. The van der Waals surface area contributed by atoms with Crippen molar-refractivity contribution in [3.63, 3.8) is 0 Å². The van der Waals surface area contributed by atoms with Crippen molar-refractivity contribution in [2.24, 2.45) is 0 Å². The summed E-state index contributed by atoms with van der Waals surface area (Å²) < 4.78 is 10.9. The molecule has 2 aromatic carbocycles. The van der Waals surface area contributed by atoms with Crippen LogP contribution < -0.4 is 15.7 Å². The number of aliphatic carboxylic acids is 1. The van der Waals surface area contributed by atoms with Gasteiger partial charge in [0, 0.05) is 11.5 Å². The molecule has 0 aliphatic carbocycles. The van der Waals surface area contributed by atoms with Gasteiger partial charge in [0.05, 0.1) is 24.5 Å². The van der Waals surface area contributed by atoms with Gasteiger partial charge in [-0.05, 0) is 42.7 Å². The van der Waals surface area contributed by atoms with Crippen LogP contribution >= 0.6 is 11.8 Å². The zero-order valence-corrected chi connectivity index (χ0v) is 19.0. The van der Waals surface area contributed by atoms with E-state index in [0.29, 0.717) is 28.0 Å². The first-order valence-electron chi connectivity index (χ1n) is 10.0. The Morgan fingerprint density at radius 2 is 1.91 bits per heavy atom. The number of amides is 1. The Bertz CT molecular complexity index is 1190. The fourth-order valence-electron chi connectivity index (χ4n) is 3.45. The van der Waals surface area contributed by atoms with Gasteiger partial charge in [0.1, 0.15) is 17.4 Å². The molecule has 1 atom stereocenters. The molecule has 0 spiro atoms. The standard InChI is InChI=1S/C24H25NO6S/c1-14-9-19(30-3)22-15(2)17(24(29)31-20(22)10-14)11-21(26)25-18(23(27)28)13-32-12-16-7-5-4-6-8-16/h4-10,18H,11-13H2,1-3H3,(H,25,26)(H,27,28). The predicted molar refractivity (Wildman–Crippen MR) is 124 cm³/mol. The number of ether oxygens (including phenoxy) is 1. The third kappa shape index (κ3) is 5.50. The first kappa shape index (κ1) is 23.4. The van der Waals surface area contributed by atoms with Crippen LogP contribution in [0, 0.1) is 13.8 Å². The normalized spacial score (nSPS) is 11.8. The van der Waals surface area contributed by atoms with Crippen LogP contribution in [-0.4, -0.2) is 35.9 Å². The van der Waals surface area contributed by atoms with Gasteiger partial charge in [0.25, 0.3) is 0 Å². The number of rotatable bonds is 9. The van der Waals surface area contributed by atoms with E-state index < -0.39 is 23.5 Å². The van der Waals surface area contributed by atoms with Gasteiger partial charge in [-0.1, -0.05) is 30.3 Å². The van der Waals surface area contributed by atoms with Crippen molar-refractivity contribution < 1.29 is 23.8 Å². The molecule has 1 aromatic heterocycles. The summed E-state index contributed by atoms with van der Waals surface area (Å²) in [6.45, 7) is 3.59. The Labute approximate surface area is 189 Å². The predicted octanol–water partition coefficient (Wildman–Crippen LogP) is 3.46. The molecule has 32 heavy (non-hydrogen) atoms. The van der Waals surface area contributed by atoms with Crippen molar-refractivity contribution in [1.82, 2.24) is 5.32 Å². The number of aryl methyl sites for hydroxylation is 2. The van der Waals surface area contributed by atoms with Crippen LogP contribution in [0.1, 0.15) is 22.3 Å². The highest BCUT2D eigenvalue weighted by Gasteiger charge is 2.23. The van der Waals surface area contributed by atoms with Gasteiger partial charge in [-0.15, -0.1) is 0 Å². The lowest BCUT2D eigenvalue weighted by Crippen LogP contribution is -2.43. The summed E-state index contributed by atoms with van der Waals surface area (Å²) in [6.07, 6.45) is -0.283. The van der Waals surface area contributed by atoms with Crippen molar-refractivity contribution in [2.75, 3.05) is 12.9 Å². The van der Waals surface area contributed by atoms with E-state index in [9.17, 15) is 19.5 Å². The largest absolute Gasteiger partial charge is 0.496 e. The van der Waals surface area contributed by atoms with Crippen molar-refractivity contribution in [2.45, 2.75) is 32.1 Å². The number of benzene rings is 2. The highest BCUT2D eigenvalue weighted by atomic mass is 32.2. The Hall–Kier alpha value is -3.26. The topological polar surface area (TPSA) is 106 Å². The minimum atomic E-state index is -1.13. The molecule has 3 aromatic rings. The highest BCUT2D eigenvalue weighted by molar-refractivity contribution is 7.98. The van der Waals surface area contributed by atoms with Gasteiger partial charge >= 0.3 is 11.6 Å². The monoisotopic (exact) mass is 455 g/mol. The van der Waals surface area contributed by atoms with Crippen LogP contribution in [0.4, 0.5) is 0 Å². The van der Waals surface area contributed by atoms with E-state index in [1.54, 1.807) is 13.0 Å². The second-order valence-electron chi connectivity index (χ2n) is 7.47. The maximum Gasteiger partial charge on any atom is 0.340 e. The molecule has 1 heterocycles. The zero-order chi connectivity index (χ0) is 23.3. The van der Waals surface area contributed by atoms with E-state index in [1.807, 2.05) is 43.3 Å². The molecule has 0 saturated heterocycles. The number of hydrogen-bond donors (Lipinski definition) is 2. The quantitative estimate of drug-likeness (QED) is 0.476. The maximum atomic E-state index is 12.6. The van der Waals surface area contributed by atoms with Crippen LogP contribution in [0.5, 0.6) is 5.75 Å². The molecule has 0 bridgehead atoms. The summed E-state index contributed by atoms with van der Waals surface area (Å²) in [4.78, 5) is 36.8. The Morgan fingerprint density at radius 1 is 1.19 bits per heavy atom. The first-order valence-corrected chi connectivity index (χ1v) is 11.2. The van der Waals surface area contributed by atoms with Gasteiger partial charge in [-0.25, -0.2) is 9.59 Å². The van der Waals surface area contributed by atoms with Crippen molar-refractivity contribution in [3.8, 4) is 5.75 Å². The summed E-state index contributed by atoms with van der Waals surface area (Å²) in [5.41, 5.74) is 2.46. The van der Waals surface area contributed by atoms with Gasteiger partial charge in [0.2, 0.25) is 5.91 Å². The van der Waals surface area contributed by atoms with Crippen molar-refractivity contribution in [1.29, 1.82) is 0 Å². The van der Waals surface area contributed by atoms with E-state index in [1.165, 1.54) is 18.9 Å². The van der Waals surface area contributed by atoms with E-state index in [4.69, 9.17) is 9.15 Å². The fourth-order valence-corrected chi connectivity index (χ4v) is 4.46. The van der Waals surface area contributed by atoms with Gasteiger partial charge in [-0.3, -0.25) is 4.79 Å². The number of thioether (sulfide) groups is 1. The lowest BCUT2D eigenvalue weighted by Gasteiger charge is -2.15. The van der Waals surface area contributed by atoms with Crippen LogP contribution in [0.2, 0.25) is 0 Å². The smallest absolute Gasteiger partial charge is 0.340 e. The summed E-state index contributed by atoms with van der Waals surface area (Å²) in [5, 5.41) is 12.6. The van der Waals surface area contributed by atoms with E-state index in [-0.39, 0.29) is 17.7 Å². The molecule has 0 aliphatic heterocycles. The molecule has 7 nitrogen and oxygen atoms in total. The molecule has 1 amide bonds. The van der Waals surface area contributed by atoms with Crippen LogP contribution in [-0.2, 0) is 21.8 Å². The highest BCUT2D eigenvalue weighted by Crippen LogP contribution is 2.30. The third-order valence-electron chi connectivity index (χ3n) is 5.07. The van der Waals surface area contributed by atoms with Gasteiger partial charge in [-0.2, -0.15) is 11.8 Å². The molecule has 168 valence electrons. The molecular formula is C24H25NO6S. The van der Waals surface area contributed by atoms with Crippen LogP contribution in [0.25, 0.3) is 11.0 Å². The van der Waals surface area contributed by atoms with Crippen molar-refractivity contribution >= 4 is 34.6 Å². The summed E-state index contributed by atoms with van der Waals surface area (Å²) >= 11 is 1.41. The number of methoxy groups -OCH3 is 1. The lowest BCUT2D eigenvalue weighted by molar-refractivity contribution is -0.141. The lowest BCUT2D eigenvalue weighted by atomic mass is 10.0. The molecule has 0 saturated carbocycles. The summed E-state index contributed by atoms with van der Waals surface area (Å²) in [5.74, 6) is -0.304. The number of nitrogens with one attached hydrogen (secondary N) is 1. The van der Waals surface area contributed by atoms with Crippen LogP contribution in [0.15, 0.2) is 51.7 Å². The number of hydrogen-bond acceptors (Lipinski definition) is 6. The minimum absolute atomic E-state index is 0.179. The van der Waals surface area contributed by atoms with E-state index >= 15 is 0 Å². The summed E-state index contributed by atoms with van der Waals surface area (Å²) in [6, 6.07) is 12.2. The van der Waals surface area contributed by atoms with E-state index in [2.05, 4.69) is 5.32 Å². The van der Waals surface area contributed by atoms with Crippen molar-refractivity contribution in [3.05, 3.63) is 75.1 Å².